The van der Waals surface area contributed by atoms with Gasteiger partial charge in [0, 0.05) is 62.2 Å². The molecule has 5 rings (SSSR count). The number of ether oxygens (including phenoxy) is 4. The highest BCUT2D eigenvalue weighted by Gasteiger charge is 2.29. The summed E-state index contributed by atoms with van der Waals surface area (Å²) in [6.07, 6.45) is 3.82. The van der Waals surface area contributed by atoms with Crippen LogP contribution in [0, 0.1) is 0 Å². The summed E-state index contributed by atoms with van der Waals surface area (Å²) in [7, 11) is 4.58. The molecular formula is C52H63N7O11. The molecule has 0 saturated heterocycles. The number of nitrogens with one attached hydrogen (secondary N) is 5. The fourth-order valence-corrected chi connectivity index (χ4v) is 7.74. The zero-order valence-corrected chi connectivity index (χ0v) is 40.6. The van der Waals surface area contributed by atoms with E-state index in [0.29, 0.717) is 84.0 Å². The smallest absolute Gasteiger partial charge is 0.260 e. The summed E-state index contributed by atoms with van der Waals surface area (Å²) in [6, 6.07) is 18.2. The van der Waals surface area contributed by atoms with Crippen molar-refractivity contribution in [1.82, 2.24) is 15.5 Å². The van der Waals surface area contributed by atoms with Gasteiger partial charge in [0.2, 0.25) is 17.7 Å². The molecule has 70 heavy (non-hydrogen) atoms. The van der Waals surface area contributed by atoms with E-state index in [2.05, 4.69) is 39.7 Å². The van der Waals surface area contributed by atoms with Gasteiger partial charge in [-0.1, -0.05) is 31.4 Å². The number of benzene rings is 4. The molecule has 1 aliphatic heterocycles. The molecule has 4 aromatic rings. The number of rotatable bonds is 26. The average Bonchev–Trinajstić information content (AvgIpc) is 3.79. The topological polar surface area (TPSA) is 226 Å². The summed E-state index contributed by atoms with van der Waals surface area (Å²) in [5.41, 5.74) is 5.15. The fraction of sp³-hybridized carbons (Fsp3) is 0.346. The highest BCUT2D eigenvalue weighted by molar-refractivity contribution is 6.11. The van der Waals surface area contributed by atoms with Crippen molar-refractivity contribution in [1.29, 1.82) is 0 Å². The minimum Gasteiger partial charge on any atom is -0.493 e. The van der Waals surface area contributed by atoms with E-state index in [1.54, 1.807) is 54.4 Å². The van der Waals surface area contributed by atoms with Crippen LogP contribution >= 0.6 is 0 Å². The van der Waals surface area contributed by atoms with Crippen molar-refractivity contribution >= 4 is 58.1 Å². The molecule has 0 saturated carbocycles. The van der Waals surface area contributed by atoms with Gasteiger partial charge in [0.05, 0.1) is 43.3 Å². The van der Waals surface area contributed by atoms with Crippen LogP contribution in [0.5, 0.6) is 23.0 Å². The van der Waals surface area contributed by atoms with Crippen LogP contribution in [0.1, 0.15) is 83.9 Å². The lowest BCUT2D eigenvalue weighted by Gasteiger charge is -2.23. The maximum Gasteiger partial charge on any atom is 0.260 e. The van der Waals surface area contributed by atoms with E-state index in [0.717, 1.165) is 11.3 Å². The lowest BCUT2D eigenvalue weighted by Crippen LogP contribution is -2.45. The Morgan fingerprint density at radius 3 is 2.07 bits per heavy atom. The number of likely N-dealkylation sites (N-methyl/N-ethyl adjacent to an activating group) is 1. The van der Waals surface area contributed by atoms with Gasteiger partial charge in [-0.3, -0.25) is 24.0 Å². The van der Waals surface area contributed by atoms with Crippen molar-refractivity contribution in [2.24, 2.45) is 0 Å². The van der Waals surface area contributed by atoms with E-state index in [9.17, 15) is 33.9 Å². The molecule has 0 radical (unpaired) electrons. The molecule has 0 fully saturated rings. The molecule has 18 heteroatoms. The molecule has 18 nitrogen and oxygen atoms in total. The standard InChI is InChI=1S/C52H63N7O11/c1-9-32(3)58(10-2)51(65)39-24-44(67-7)46(26-41(39)53-6)69-29-35-21-36(23-38(22-35)57-50(64)34(5)56-49(63)28-54-48(62)18-14-11-15-33(4)61)30-70-47-27-42(55-31-60)40(25-45(47)68-8)52(66)59-20-19-37-16-12-13-17-43(37)59/h9,12-13,16-17,21-27,34,53,55,60H,1,3,10-11,14-15,18-20,28-31H2,2,4-8H3,(H,54,62)(H,56,63)(H,57,64)/t34-/m0/s1. The average molecular weight is 962 g/mol. The summed E-state index contributed by atoms with van der Waals surface area (Å²) in [5, 5.41) is 23.9. The predicted octanol–water partition coefficient (Wildman–Crippen LogP) is 6.34. The van der Waals surface area contributed by atoms with Gasteiger partial charge < -0.3 is 65.2 Å². The third-order valence-electron chi connectivity index (χ3n) is 11.4. The van der Waals surface area contributed by atoms with E-state index >= 15 is 0 Å². The van der Waals surface area contributed by atoms with Crippen LogP contribution < -0.4 is 50.4 Å². The van der Waals surface area contributed by atoms with Crippen molar-refractivity contribution in [3.05, 3.63) is 119 Å². The maximum atomic E-state index is 14.0. The van der Waals surface area contributed by atoms with E-state index in [4.69, 9.17) is 18.9 Å². The summed E-state index contributed by atoms with van der Waals surface area (Å²) in [5.74, 6) is -0.952. The Balaban J connectivity index is 1.40. The van der Waals surface area contributed by atoms with E-state index < -0.39 is 24.6 Å². The van der Waals surface area contributed by atoms with E-state index in [-0.39, 0.29) is 72.5 Å². The van der Waals surface area contributed by atoms with Crippen molar-refractivity contribution in [2.45, 2.75) is 72.1 Å². The molecule has 1 atom stereocenters. The van der Waals surface area contributed by atoms with E-state index in [1.165, 1.54) is 39.0 Å². The van der Waals surface area contributed by atoms with Gasteiger partial charge >= 0.3 is 0 Å². The second-order valence-corrected chi connectivity index (χ2v) is 16.3. The van der Waals surface area contributed by atoms with Gasteiger partial charge in [-0.05, 0) is 99.2 Å². The van der Waals surface area contributed by atoms with Gasteiger partial charge in [0.25, 0.3) is 11.8 Å². The third-order valence-corrected chi connectivity index (χ3v) is 11.4. The molecule has 1 heterocycles. The Kier molecular flexibility index (Phi) is 19.3. The van der Waals surface area contributed by atoms with Crippen molar-refractivity contribution in [2.75, 3.05) is 68.5 Å². The van der Waals surface area contributed by atoms with Crippen molar-refractivity contribution < 1.29 is 52.8 Å². The number of anilines is 4. The van der Waals surface area contributed by atoms with Gasteiger partial charge in [-0.15, -0.1) is 0 Å². The molecule has 4 aromatic carbocycles. The van der Waals surface area contributed by atoms with E-state index in [1.807, 2.05) is 31.2 Å². The largest absolute Gasteiger partial charge is 0.493 e. The number of methoxy groups -OCH3 is 2. The van der Waals surface area contributed by atoms with Crippen LogP contribution in [0.3, 0.4) is 0 Å². The monoisotopic (exact) mass is 961 g/mol. The number of para-hydroxylation sites is 1. The van der Waals surface area contributed by atoms with Crippen LogP contribution in [0.2, 0.25) is 0 Å². The molecule has 0 bridgehead atoms. The number of aliphatic hydroxyl groups is 1. The number of fused-ring (bicyclic) bond motifs is 1. The van der Waals surface area contributed by atoms with Gasteiger partial charge in [-0.2, -0.15) is 0 Å². The lowest BCUT2D eigenvalue weighted by atomic mass is 10.1. The first-order valence-corrected chi connectivity index (χ1v) is 22.9. The Morgan fingerprint density at radius 1 is 0.843 bits per heavy atom. The van der Waals surface area contributed by atoms with Crippen molar-refractivity contribution in [3.8, 4) is 23.0 Å². The second kappa shape index (κ2) is 25.5. The summed E-state index contributed by atoms with van der Waals surface area (Å²) in [6.45, 7) is 12.4. The maximum absolute atomic E-state index is 14.0. The molecule has 0 unspecified atom stereocenters. The van der Waals surface area contributed by atoms with Crippen LogP contribution in [-0.4, -0.2) is 99.0 Å². The number of aliphatic hydroxyl groups excluding tert-OH is 1. The molecule has 0 aliphatic carbocycles. The third kappa shape index (κ3) is 13.9. The van der Waals surface area contributed by atoms with Gasteiger partial charge in [0.1, 0.15) is 31.8 Å². The second-order valence-electron chi connectivity index (χ2n) is 16.3. The number of carbonyl (C=O) groups is 6. The Hall–Kier alpha value is -7.86. The Labute approximate surface area is 408 Å². The molecular weight excluding hydrogens is 899 g/mol. The number of amides is 5. The van der Waals surface area contributed by atoms with Crippen molar-refractivity contribution in [3.63, 3.8) is 0 Å². The molecule has 6 N–H and O–H groups in total. The summed E-state index contributed by atoms with van der Waals surface area (Å²) in [4.78, 5) is 80.6. The minimum atomic E-state index is -1.02. The SMILES string of the molecule is C=CC(=C)N(CC)C(=O)c1cc(OC)c(OCc2cc(COc3cc(NCO)c(C(=O)N4CCc5ccccc54)cc3OC)cc(NC(=O)[C@H](C)NC(=O)CNC(=O)CCCCC(C)=O)c2)cc1NC. The normalized spacial score (nSPS) is 11.8. The first kappa shape index (κ1) is 53.1. The molecule has 0 spiro atoms. The van der Waals surface area contributed by atoms with Crippen LogP contribution in [0.25, 0.3) is 0 Å². The highest BCUT2D eigenvalue weighted by atomic mass is 16.5. The molecule has 372 valence electrons. The molecule has 5 amide bonds. The first-order valence-electron chi connectivity index (χ1n) is 22.9. The van der Waals surface area contributed by atoms with Gasteiger partial charge in [0.15, 0.2) is 23.0 Å². The highest BCUT2D eigenvalue weighted by Crippen LogP contribution is 2.38. The number of unbranched alkanes of at least 4 members (excludes halogenated alkanes) is 1. The zero-order chi connectivity index (χ0) is 50.9. The quantitative estimate of drug-likeness (QED) is 0.0230. The molecule has 1 aliphatic rings. The lowest BCUT2D eigenvalue weighted by molar-refractivity contribution is -0.128. The Bertz CT molecular complexity index is 2600. The number of nitrogens with zero attached hydrogens (tertiary/aromatic N) is 2. The van der Waals surface area contributed by atoms with Crippen LogP contribution in [0.4, 0.5) is 22.7 Å². The first-order chi connectivity index (χ1) is 33.6. The number of hydrogen-bond acceptors (Lipinski definition) is 13. The zero-order valence-electron chi connectivity index (χ0n) is 40.6. The van der Waals surface area contributed by atoms with Gasteiger partial charge in [-0.25, -0.2) is 0 Å². The predicted molar refractivity (Wildman–Crippen MR) is 268 cm³/mol. The number of carbonyl (C=O) groups excluding carboxylic acids is 6. The van der Waals surface area contributed by atoms with Crippen LogP contribution in [-0.2, 0) is 38.8 Å². The number of Topliss-reactive ketones (excluding diaryl/α,β-unsaturated/α-hetero) is 1. The summed E-state index contributed by atoms with van der Waals surface area (Å²) >= 11 is 0. The number of allylic oxidation sites excluding steroid dienone is 1. The molecule has 0 aromatic heterocycles. The Morgan fingerprint density at radius 2 is 1.47 bits per heavy atom. The number of hydrogen-bond donors (Lipinski definition) is 6. The number of ketones is 1. The fourth-order valence-electron chi connectivity index (χ4n) is 7.74. The summed E-state index contributed by atoms with van der Waals surface area (Å²) < 4.78 is 24.0. The van der Waals surface area contributed by atoms with Crippen LogP contribution in [0.15, 0.2) is 91.7 Å². The minimum absolute atomic E-state index is 0.0424.